The summed E-state index contributed by atoms with van der Waals surface area (Å²) in [6.45, 7) is 8.74. The number of anilines is 2. The van der Waals surface area contributed by atoms with Crippen LogP contribution in [0.4, 0.5) is 11.6 Å². The molecule has 0 aliphatic carbocycles. The smallest absolute Gasteiger partial charge is 0.148 e. The Morgan fingerprint density at radius 3 is 2.50 bits per heavy atom. The molecular formula is C13H20N6S. The Hall–Kier alpha value is -1.73. The van der Waals surface area contributed by atoms with E-state index in [9.17, 15) is 0 Å². The minimum Gasteiger partial charge on any atom is -0.363 e. The van der Waals surface area contributed by atoms with Gasteiger partial charge in [-0.15, -0.1) is 11.3 Å². The first-order valence-corrected chi connectivity index (χ1v) is 7.33. The molecule has 0 aromatic carbocycles. The van der Waals surface area contributed by atoms with Crippen LogP contribution in [0.1, 0.15) is 41.0 Å². The molecule has 0 fully saturated rings. The van der Waals surface area contributed by atoms with Gasteiger partial charge in [0.2, 0.25) is 0 Å². The fourth-order valence-electron chi connectivity index (χ4n) is 1.75. The molecule has 0 atom stereocenters. The summed E-state index contributed by atoms with van der Waals surface area (Å²) in [6.07, 6.45) is 1.88. The number of nitrogen functional groups attached to an aromatic ring is 1. The fourth-order valence-corrected chi connectivity index (χ4v) is 2.47. The minimum atomic E-state index is 0.241. The highest BCUT2D eigenvalue weighted by Crippen LogP contribution is 2.23. The predicted octanol–water partition coefficient (Wildman–Crippen LogP) is 2.57. The summed E-state index contributed by atoms with van der Waals surface area (Å²) < 4.78 is 0. The van der Waals surface area contributed by atoms with E-state index in [4.69, 9.17) is 5.84 Å². The third-order valence-electron chi connectivity index (χ3n) is 2.89. The van der Waals surface area contributed by atoms with Gasteiger partial charge in [-0.3, -0.25) is 0 Å². The zero-order valence-electron chi connectivity index (χ0n) is 12.2. The number of aromatic nitrogens is 3. The summed E-state index contributed by atoms with van der Waals surface area (Å²) in [6, 6.07) is 0. The zero-order chi connectivity index (χ0) is 14.7. The fraction of sp³-hybridized carbons (Fsp3) is 0.462. The Morgan fingerprint density at radius 2 is 1.95 bits per heavy atom. The highest BCUT2D eigenvalue weighted by atomic mass is 32.1. The second-order valence-electron chi connectivity index (χ2n) is 4.92. The molecule has 2 rings (SSSR count). The van der Waals surface area contributed by atoms with Crippen LogP contribution in [0.2, 0.25) is 0 Å². The molecule has 6 nitrogen and oxygen atoms in total. The van der Waals surface area contributed by atoms with Crippen molar-refractivity contribution in [2.24, 2.45) is 5.84 Å². The van der Waals surface area contributed by atoms with Crippen LogP contribution in [0.15, 0.2) is 6.20 Å². The lowest BCUT2D eigenvalue weighted by Crippen LogP contribution is -2.15. The van der Waals surface area contributed by atoms with Crippen molar-refractivity contribution < 1.29 is 0 Å². The summed E-state index contributed by atoms with van der Waals surface area (Å²) in [5.74, 6) is 7.98. The van der Waals surface area contributed by atoms with Gasteiger partial charge >= 0.3 is 0 Å². The monoisotopic (exact) mass is 292 g/mol. The van der Waals surface area contributed by atoms with Crippen LogP contribution in [-0.2, 0) is 6.54 Å². The number of rotatable bonds is 5. The molecule has 0 unspecified atom stereocenters. The van der Waals surface area contributed by atoms with E-state index >= 15 is 0 Å². The lowest BCUT2D eigenvalue weighted by Gasteiger charge is -2.14. The van der Waals surface area contributed by atoms with Crippen LogP contribution in [0.5, 0.6) is 0 Å². The van der Waals surface area contributed by atoms with Gasteiger partial charge in [0.05, 0.1) is 6.54 Å². The van der Waals surface area contributed by atoms with Crippen molar-refractivity contribution in [1.82, 2.24) is 15.0 Å². The van der Waals surface area contributed by atoms with Crippen molar-refractivity contribution in [1.29, 1.82) is 0 Å². The number of nitrogens with one attached hydrogen (secondary N) is 2. The van der Waals surface area contributed by atoms with Crippen LogP contribution in [0.25, 0.3) is 0 Å². The van der Waals surface area contributed by atoms with E-state index in [1.54, 1.807) is 11.3 Å². The molecule has 2 aromatic rings. The molecule has 0 radical (unpaired) electrons. The first-order valence-electron chi connectivity index (χ1n) is 6.51. The molecule has 0 spiro atoms. The number of nitrogens with two attached hydrogens (primary N) is 1. The van der Waals surface area contributed by atoms with E-state index < -0.39 is 0 Å². The lowest BCUT2D eigenvalue weighted by atomic mass is 10.2. The minimum absolute atomic E-state index is 0.241. The molecular weight excluding hydrogens is 272 g/mol. The number of nitrogens with zero attached hydrogens (tertiary/aromatic N) is 3. The number of aryl methyl sites for hydroxylation is 1. The van der Waals surface area contributed by atoms with Gasteiger partial charge < -0.3 is 10.7 Å². The van der Waals surface area contributed by atoms with Gasteiger partial charge in [-0.05, 0) is 13.8 Å². The Bertz CT molecular complexity index is 593. The topological polar surface area (TPSA) is 88.8 Å². The van der Waals surface area contributed by atoms with Gasteiger partial charge in [-0.1, -0.05) is 13.8 Å². The number of hydrogen-bond donors (Lipinski definition) is 3. The standard InChI is InChI=1S/C13H20N6S/c1-7(2)11-17-12(9(4)13(18-11)19-14)16-6-10-15-5-8(3)20-10/h5,7H,6,14H2,1-4H3,(H2,16,17,18,19). The Kier molecular flexibility index (Phi) is 4.51. The SMILES string of the molecule is Cc1cnc(CNc2nc(C(C)C)nc(NN)c2C)s1. The van der Waals surface area contributed by atoms with Crippen LogP contribution in [0.3, 0.4) is 0 Å². The number of hydrazine groups is 1. The van der Waals surface area contributed by atoms with Gasteiger partial charge in [-0.2, -0.15) is 0 Å². The Labute approximate surface area is 122 Å². The zero-order valence-corrected chi connectivity index (χ0v) is 13.0. The lowest BCUT2D eigenvalue weighted by molar-refractivity contribution is 0.772. The summed E-state index contributed by atoms with van der Waals surface area (Å²) in [4.78, 5) is 14.5. The van der Waals surface area contributed by atoms with Crippen molar-refractivity contribution in [3.05, 3.63) is 27.5 Å². The molecule has 7 heteroatoms. The summed E-state index contributed by atoms with van der Waals surface area (Å²) >= 11 is 1.68. The molecule has 0 aliphatic rings. The van der Waals surface area contributed by atoms with E-state index in [1.165, 1.54) is 4.88 Å². The van der Waals surface area contributed by atoms with Crippen molar-refractivity contribution in [2.75, 3.05) is 10.7 Å². The molecule has 0 aliphatic heterocycles. The third kappa shape index (κ3) is 3.23. The van der Waals surface area contributed by atoms with E-state index in [1.807, 2.05) is 20.0 Å². The van der Waals surface area contributed by atoms with Crippen molar-refractivity contribution in [3.8, 4) is 0 Å². The maximum absolute atomic E-state index is 5.52. The molecule has 108 valence electrons. The van der Waals surface area contributed by atoms with Crippen molar-refractivity contribution in [3.63, 3.8) is 0 Å². The van der Waals surface area contributed by atoms with E-state index in [0.717, 1.165) is 22.2 Å². The molecule has 0 saturated heterocycles. The largest absolute Gasteiger partial charge is 0.363 e. The van der Waals surface area contributed by atoms with Gasteiger partial charge in [0, 0.05) is 22.6 Å². The maximum atomic E-state index is 5.52. The maximum Gasteiger partial charge on any atom is 0.148 e. The molecule has 0 saturated carbocycles. The Balaban J connectivity index is 2.23. The number of thiazole rings is 1. The summed E-state index contributed by atoms with van der Waals surface area (Å²) in [5, 5.41) is 4.35. The molecule has 0 amide bonds. The van der Waals surface area contributed by atoms with Crippen LogP contribution < -0.4 is 16.6 Å². The normalized spacial score (nSPS) is 10.9. The van der Waals surface area contributed by atoms with Crippen molar-refractivity contribution in [2.45, 2.75) is 40.2 Å². The van der Waals surface area contributed by atoms with Crippen LogP contribution >= 0.6 is 11.3 Å². The van der Waals surface area contributed by atoms with Crippen LogP contribution in [0, 0.1) is 13.8 Å². The average molecular weight is 292 g/mol. The first kappa shape index (κ1) is 14.7. The van der Waals surface area contributed by atoms with E-state index in [0.29, 0.717) is 12.4 Å². The van der Waals surface area contributed by atoms with E-state index in [-0.39, 0.29) is 5.92 Å². The van der Waals surface area contributed by atoms with Crippen LogP contribution in [-0.4, -0.2) is 15.0 Å². The predicted molar refractivity (Wildman–Crippen MR) is 82.8 cm³/mol. The van der Waals surface area contributed by atoms with Gasteiger partial charge in [0.25, 0.3) is 0 Å². The molecule has 2 aromatic heterocycles. The summed E-state index contributed by atoms with van der Waals surface area (Å²) in [7, 11) is 0. The highest BCUT2D eigenvalue weighted by molar-refractivity contribution is 7.11. The van der Waals surface area contributed by atoms with Gasteiger partial charge in [-0.25, -0.2) is 20.8 Å². The van der Waals surface area contributed by atoms with Gasteiger partial charge in [0.15, 0.2) is 0 Å². The highest BCUT2D eigenvalue weighted by Gasteiger charge is 2.12. The second-order valence-corrected chi connectivity index (χ2v) is 6.24. The molecule has 4 N–H and O–H groups in total. The average Bonchev–Trinajstić information content (AvgIpc) is 2.83. The van der Waals surface area contributed by atoms with E-state index in [2.05, 4.69) is 39.5 Å². The number of hydrogen-bond acceptors (Lipinski definition) is 7. The first-order chi connectivity index (χ1) is 9.51. The molecule has 2 heterocycles. The summed E-state index contributed by atoms with van der Waals surface area (Å²) in [5.41, 5.74) is 3.54. The second kappa shape index (κ2) is 6.15. The van der Waals surface area contributed by atoms with Gasteiger partial charge in [0.1, 0.15) is 22.5 Å². The third-order valence-corrected chi connectivity index (χ3v) is 3.81. The van der Waals surface area contributed by atoms with Crippen molar-refractivity contribution >= 4 is 23.0 Å². The molecule has 0 bridgehead atoms. The Morgan fingerprint density at radius 1 is 1.25 bits per heavy atom. The molecule has 20 heavy (non-hydrogen) atoms. The quantitative estimate of drug-likeness (QED) is 0.580.